The van der Waals surface area contributed by atoms with Crippen molar-refractivity contribution >= 4 is 46.9 Å². The SMILES string of the molecule is O=C1CCC(c2ccc(N3CCC(O)(CC(=O)N4CCC(C(=O)N5CCC(Nc6ncc(Cl)c(-c7cccc(-c8ccc(F)cc8)c7)n6)CC5)CC4)CC3)c(F)c2)C(=O)N1. The van der Waals surface area contributed by atoms with Crippen LogP contribution in [-0.2, 0) is 19.2 Å². The first-order valence-corrected chi connectivity index (χ1v) is 21.1. The van der Waals surface area contributed by atoms with Gasteiger partial charge in [-0.05, 0) is 92.0 Å². The van der Waals surface area contributed by atoms with Crippen LogP contribution in [0.15, 0.2) is 72.9 Å². The zero-order chi connectivity index (χ0) is 42.0. The van der Waals surface area contributed by atoms with Gasteiger partial charge in [0.05, 0.1) is 40.5 Å². The number of anilines is 2. The van der Waals surface area contributed by atoms with Gasteiger partial charge in [0.15, 0.2) is 0 Å². The van der Waals surface area contributed by atoms with Crippen LogP contribution < -0.4 is 15.5 Å². The third-order valence-electron chi connectivity index (χ3n) is 12.5. The maximum Gasteiger partial charge on any atom is 0.234 e. The van der Waals surface area contributed by atoms with Crippen LogP contribution in [0.3, 0.4) is 0 Å². The monoisotopic (exact) mass is 839 g/mol. The predicted octanol–water partition coefficient (Wildman–Crippen LogP) is 6.33. The van der Waals surface area contributed by atoms with Crippen LogP contribution in [0.4, 0.5) is 20.4 Å². The summed E-state index contributed by atoms with van der Waals surface area (Å²) >= 11 is 6.55. The van der Waals surface area contributed by atoms with Crippen LogP contribution in [0.1, 0.15) is 69.3 Å². The van der Waals surface area contributed by atoms with Gasteiger partial charge in [0.2, 0.25) is 29.6 Å². The summed E-state index contributed by atoms with van der Waals surface area (Å²) in [5.41, 5.74) is 2.86. The molecule has 4 aliphatic heterocycles. The topological polar surface area (TPSA) is 148 Å². The third kappa shape index (κ3) is 9.29. The Kier molecular flexibility index (Phi) is 12.1. The second kappa shape index (κ2) is 17.6. The molecule has 4 saturated heterocycles. The van der Waals surface area contributed by atoms with Gasteiger partial charge in [-0.15, -0.1) is 0 Å². The number of nitrogens with one attached hydrogen (secondary N) is 2. The summed E-state index contributed by atoms with van der Waals surface area (Å²) in [5, 5.41) is 17.6. The summed E-state index contributed by atoms with van der Waals surface area (Å²) < 4.78 is 28.8. The molecule has 1 aromatic heterocycles. The van der Waals surface area contributed by atoms with Crippen molar-refractivity contribution in [3.63, 3.8) is 0 Å². The van der Waals surface area contributed by atoms with Gasteiger partial charge in [0.1, 0.15) is 11.6 Å². The molecule has 0 spiro atoms. The minimum absolute atomic E-state index is 0.0297. The highest BCUT2D eigenvalue weighted by Gasteiger charge is 2.39. The number of aliphatic hydroxyl groups is 1. The molecule has 3 aromatic carbocycles. The van der Waals surface area contributed by atoms with E-state index in [-0.39, 0.29) is 48.3 Å². The lowest BCUT2D eigenvalue weighted by atomic mass is 9.86. The number of rotatable bonds is 9. The average Bonchev–Trinajstić information content (AvgIpc) is 3.25. The number of piperidine rings is 4. The smallest absolute Gasteiger partial charge is 0.234 e. The lowest BCUT2D eigenvalue weighted by Gasteiger charge is -2.41. The summed E-state index contributed by atoms with van der Waals surface area (Å²) in [5.74, 6) is -1.84. The van der Waals surface area contributed by atoms with Crippen molar-refractivity contribution in [2.24, 2.45) is 5.92 Å². The van der Waals surface area contributed by atoms with E-state index in [0.29, 0.717) is 99.3 Å². The fourth-order valence-corrected chi connectivity index (χ4v) is 9.13. The fraction of sp³-hybridized carbons (Fsp3) is 0.422. The van der Waals surface area contributed by atoms with Gasteiger partial charge in [-0.1, -0.05) is 48.0 Å². The van der Waals surface area contributed by atoms with E-state index in [0.717, 1.165) is 29.5 Å². The van der Waals surface area contributed by atoms with Gasteiger partial charge >= 0.3 is 0 Å². The molecule has 8 rings (SSSR count). The number of aromatic nitrogens is 2. The largest absolute Gasteiger partial charge is 0.389 e. The summed E-state index contributed by atoms with van der Waals surface area (Å²) in [7, 11) is 0. The van der Waals surface area contributed by atoms with Gasteiger partial charge in [-0.3, -0.25) is 24.5 Å². The summed E-state index contributed by atoms with van der Waals surface area (Å²) in [4.78, 5) is 65.4. The van der Waals surface area contributed by atoms with E-state index in [1.165, 1.54) is 18.2 Å². The quantitative estimate of drug-likeness (QED) is 0.165. The van der Waals surface area contributed by atoms with Crippen LogP contribution in [-0.4, -0.2) is 99.4 Å². The molecule has 4 fully saturated rings. The maximum atomic E-state index is 15.3. The number of hydrogen-bond donors (Lipinski definition) is 3. The molecule has 0 aliphatic carbocycles. The molecule has 15 heteroatoms. The van der Waals surface area contributed by atoms with Gasteiger partial charge in [-0.2, -0.15) is 0 Å². The molecule has 4 aromatic rings. The second-order valence-electron chi connectivity index (χ2n) is 16.5. The molecule has 5 heterocycles. The Labute approximate surface area is 352 Å². The molecule has 12 nitrogen and oxygen atoms in total. The standard InChI is InChI=1S/C45H48ClF2N7O5/c46-36-27-49-44(52-41(36)32-3-1-2-30(24-32)28-4-7-33(47)8-5-28)50-34-14-20-55(21-15-34)43(59)29-12-18-54(19-13-29)40(57)26-45(60)16-22-53(23-17-45)38-10-6-31(25-37(38)48)35-9-11-39(56)51-42(35)58/h1-8,10,24-25,27,29,34-35,60H,9,11-23,26H2,(H,49,50,52)(H,51,56,58). The van der Waals surface area contributed by atoms with Crippen LogP contribution in [0, 0.1) is 17.6 Å². The number of benzene rings is 3. The maximum absolute atomic E-state index is 15.3. The number of imide groups is 1. The minimum atomic E-state index is -1.21. The Morgan fingerprint density at radius 2 is 1.55 bits per heavy atom. The van der Waals surface area contributed by atoms with Crippen molar-refractivity contribution in [1.29, 1.82) is 0 Å². The molecule has 0 bridgehead atoms. The van der Waals surface area contributed by atoms with Gasteiger partial charge in [-0.25, -0.2) is 18.7 Å². The molecule has 4 amide bonds. The highest BCUT2D eigenvalue weighted by molar-refractivity contribution is 6.33. The number of carbonyl (C=O) groups is 4. The summed E-state index contributed by atoms with van der Waals surface area (Å²) in [6, 6.07) is 18.8. The number of amides is 4. The lowest BCUT2D eigenvalue weighted by Crippen LogP contribution is -2.50. The number of carbonyl (C=O) groups excluding carboxylic acids is 4. The van der Waals surface area contributed by atoms with Gasteiger partial charge < -0.3 is 25.1 Å². The van der Waals surface area contributed by atoms with Crippen molar-refractivity contribution in [1.82, 2.24) is 25.1 Å². The van der Waals surface area contributed by atoms with E-state index >= 15 is 4.39 Å². The Hall–Kier alpha value is -5.47. The molecule has 1 unspecified atom stereocenters. The summed E-state index contributed by atoms with van der Waals surface area (Å²) in [6.07, 6.45) is 5.26. The molecular formula is C45H48ClF2N7O5. The first kappa shape index (κ1) is 41.3. The Morgan fingerprint density at radius 3 is 2.25 bits per heavy atom. The third-order valence-corrected chi connectivity index (χ3v) is 12.8. The number of likely N-dealkylation sites (tertiary alicyclic amines) is 2. The zero-order valence-electron chi connectivity index (χ0n) is 33.2. The Morgan fingerprint density at radius 1 is 0.850 bits per heavy atom. The average molecular weight is 840 g/mol. The number of hydrogen-bond acceptors (Lipinski definition) is 9. The zero-order valence-corrected chi connectivity index (χ0v) is 34.0. The van der Waals surface area contributed by atoms with E-state index in [1.807, 2.05) is 34.1 Å². The number of halogens is 3. The van der Waals surface area contributed by atoms with E-state index in [4.69, 9.17) is 16.6 Å². The van der Waals surface area contributed by atoms with Crippen molar-refractivity contribution < 1.29 is 33.1 Å². The van der Waals surface area contributed by atoms with Crippen LogP contribution in [0.2, 0.25) is 5.02 Å². The van der Waals surface area contributed by atoms with E-state index in [1.54, 1.807) is 35.4 Å². The van der Waals surface area contributed by atoms with Crippen LogP contribution in [0.5, 0.6) is 0 Å². The summed E-state index contributed by atoms with van der Waals surface area (Å²) in [6.45, 7) is 2.81. The highest BCUT2D eigenvalue weighted by atomic mass is 35.5. The van der Waals surface area contributed by atoms with Gasteiger partial charge in [0.25, 0.3) is 0 Å². The molecule has 0 radical (unpaired) electrons. The van der Waals surface area contributed by atoms with Crippen molar-refractivity contribution in [3.05, 3.63) is 95.1 Å². The van der Waals surface area contributed by atoms with E-state index < -0.39 is 23.2 Å². The minimum Gasteiger partial charge on any atom is -0.389 e. The molecule has 314 valence electrons. The van der Waals surface area contributed by atoms with Crippen molar-refractivity contribution in [2.75, 3.05) is 49.5 Å². The van der Waals surface area contributed by atoms with Gasteiger partial charge in [0, 0.05) is 63.2 Å². The van der Waals surface area contributed by atoms with E-state index in [2.05, 4.69) is 15.6 Å². The Balaban J connectivity index is 0.776. The highest BCUT2D eigenvalue weighted by Crippen LogP contribution is 2.35. The van der Waals surface area contributed by atoms with Crippen LogP contribution >= 0.6 is 11.6 Å². The van der Waals surface area contributed by atoms with Crippen molar-refractivity contribution in [2.45, 2.75) is 75.3 Å². The lowest BCUT2D eigenvalue weighted by molar-refractivity contribution is -0.144. The van der Waals surface area contributed by atoms with E-state index in [9.17, 15) is 28.7 Å². The first-order chi connectivity index (χ1) is 28.9. The molecule has 60 heavy (non-hydrogen) atoms. The molecule has 4 aliphatic rings. The molecule has 0 saturated carbocycles. The van der Waals surface area contributed by atoms with Crippen molar-refractivity contribution in [3.8, 4) is 22.4 Å². The predicted molar refractivity (Wildman–Crippen MR) is 223 cm³/mol. The number of nitrogens with zero attached hydrogens (tertiary/aromatic N) is 5. The molecular weight excluding hydrogens is 792 g/mol. The normalized spacial score (nSPS) is 20.2. The molecule has 1 atom stereocenters. The second-order valence-corrected chi connectivity index (χ2v) is 16.9. The van der Waals surface area contributed by atoms with Crippen LogP contribution in [0.25, 0.3) is 22.4 Å². The Bertz CT molecular complexity index is 2250. The molecule has 3 N–H and O–H groups in total. The fourth-order valence-electron chi connectivity index (χ4n) is 8.93. The first-order valence-electron chi connectivity index (χ1n) is 20.7.